The Hall–Kier alpha value is -2.19. The highest BCUT2D eigenvalue weighted by molar-refractivity contribution is 7.11. The Labute approximate surface area is 142 Å². The van der Waals surface area contributed by atoms with Crippen LogP contribution in [-0.2, 0) is 4.79 Å². The molecule has 0 saturated carbocycles. The third-order valence-corrected chi connectivity index (χ3v) is 3.94. The molecule has 0 unspecified atom stereocenters. The van der Waals surface area contributed by atoms with Crippen LogP contribution in [0.4, 0.5) is 23.2 Å². The Morgan fingerprint density at radius 3 is 2.54 bits per heavy atom. The number of aliphatic imine (C=N–C) groups is 1. The molecule has 0 fully saturated rings. The van der Waals surface area contributed by atoms with Gasteiger partial charge in [-0.2, -0.15) is 13.2 Å². The van der Waals surface area contributed by atoms with Gasteiger partial charge in [0.25, 0.3) is 5.78 Å². The number of hydrogen-bond donors (Lipinski definition) is 1. The predicted molar refractivity (Wildman–Crippen MR) is 84.5 cm³/mol. The maximum Gasteiger partial charge on any atom is 0.455 e. The number of rotatable bonds is 4. The molecular weight excluding hydrogens is 370 g/mol. The zero-order valence-electron chi connectivity index (χ0n) is 11.6. The second-order valence-electron chi connectivity index (χ2n) is 4.42. The summed E-state index contributed by atoms with van der Waals surface area (Å²) in [5.41, 5.74) is -1.11. The topological polar surface area (TPSA) is 49.7 Å². The molecule has 0 spiro atoms. The highest BCUT2D eigenvalue weighted by Gasteiger charge is 2.41. The normalized spacial score (nSPS) is 13.2. The number of nitrogens with zero attached hydrogens (tertiary/aromatic N) is 1. The van der Waals surface area contributed by atoms with Gasteiger partial charge < -0.3 is 5.11 Å². The van der Waals surface area contributed by atoms with Crippen molar-refractivity contribution in [3.63, 3.8) is 0 Å². The first-order valence-corrected chi connectivity index (χ1v) is 7.53. The summed E-state index contributed by atoms with van der Waals surface area (Å²) >= 11 is 6.44. The van der Waals surface area contributed by atoms with Crippen molar-refractivity contribution in [2.45, 2.75) is 6.18 Å². The minimum absolute atomic E-state index is 0.0661. The van der Waals surface area contributed by atoms with Crippen molar-refractivity contribution in [3.05, 3.63) is 57.0 Å². The van der Waals surface area contributed by atoms with Gasteiger partial charge in [-0.3, -0.25) is 9.79 Å². The van der Waals surface area contributed by atoms with Crippen LogP contribution in [0.3, 0.4) is 0 Å². The first-order valence-electron chi connectivity index (χ1n) is 6.28. The lowest BCUT2D eigenvalue weighted by Crippen LogP contribution is -2.26. The summed E-state index contributed by atoms with van der Waals surface area (Å²) in [5, 5.41) is 11.3. The number of thiophene rings is 1. The number of halogens is 5. The molecule has 0 aliphatic heterocycles. The van der Waals surface area contributed by atoms with Crippen LogP contribution in [0, 0.1) is 5.82 Å². The largest absolute Gasteiger partial charge is 0.506 e. The van der Waals surface area contributed by atoms with E-state index in [4.69, 9.17) is 11.6 Å². The molecule has 9 heteroatoms. The van der Waals surface area contributed by atoms with E-state index in [0.29, 0.717) is 6.21 Å². The summed E-state index contributed by atoms with van der Waals surface area (Å²) in [4.78, 5) is 15.2. The smallest absolute Gasteiger partial charge is 0.455 e. The monoisotopic (exact) mass is 377 g/mol. The predicted octanol–water partition coefficient (Wildman–Crippen LogP) is 5.34. The lowest BCUT2D eigenvalue weighted by molar-refractivity contribution is -0.165. The second kappa shape index (κ2) is 7.14. The number of hydrogen-bond acceptors (Lipinski definition) is 4. The van der Waals surface area contributed by atoms with E-state index in [1.807, 2.05) is 0 Å². The fourth-order valence-corrected chi connectivity index (χ4v) is 2.43. The summed E-state index contributed by atoms with van der Waals surface area (Å²) in [7, 11) is 0. The minimum Gasteiger partial charge on any atom is -0.506 e. The molecule has 0 radical (unpaired) electrons. The van der Waals surface area contributed by atoms with Crippen molar-refractivity contribution in [2.24, 2.45) is 4.99 Å². The standard InChI is InChI=1S/C15H8ClF4NO2S/c16-10-4-3-8(6-11(10)17)21-7-9(14(23)15(18,19)20)13(22)12-2-1-5-24-12/h1-7,22H/b13-9-,21-7?. The summed E-state index contributed by atoms with van der Waals surface area (Å²) < 4.78 is 51.5. The van der Waals surface area contributed by atoms with Crippen LogP contribution in [-0.4, -0.2) is 23.3 Å². The zero-order chi connectivity index (χ0) is 17.9. The molecule has 0 amide bonds. The lowest BCUT2D eigenvalue weighted by Gasteiger charge is -2.08. The van der Waals surface area contributed by atoms with Crippen LogP contribution >= 0.6 is 22.9 Å². The number of Topliss-reactive ketones (excluding diaryl/α,β-unsaturated/α-hetero) is 1. The molecule has 24 heavy (non-hydrogen) atoms. The van der Waals surface area contributed by atoms with E-state index >= 15 is 0 Å². The van der Waals surface area contributed by atoms with E-state index in [1.54, 1.807) is 0 Å². The molecule has 126 valence electrons. The number of ketones is 1. The van der Waals surface area contributed by atoms with E-state index in [0.717, 1.165) is 23.5 Å². The van der Waals surface area contributed by atoms with Crippen molar-refractivity contribution in [1.29, 1.82) is 0 Å². The molecule has 0 bridgehead atoms. The van der Waals surface area contributed by atoms with E-state index in [1.165, 1.54) is 23.6 Å². The number of carbonyl (C=O) groups is 1. The Morgan fingerprint density at radius 2 is 2.00 bits per heavy atom. The number of carbonyl (C=O) groups excluding carboxylic acids is 1. The van der Waals surface area contributed by atoms with E-state index in [-0.39, 0.29) is 15.6 Å². The SMILES string of the molecule is O=C(/C(C=Nc1ccc(Cl)c(F)c1)=C(\O)c1cccs1)C(F)(F)F. The van der Waals surface area contributed by atoms with Crippen molar-refractivity contribution in [2.75, 3.05) is 0 Å². The van der Waals surface area contributed by atoms with Crippen LogP contribution in [0.2, 0.25) is 5.02 Å². The number of aliphatic hydroxyl groups is 1. The molecule has 2 rings (SSSR count). The molecule has 3 nitrogen and oxygen atoms in total. The van der Waals surface area contributed by atoms with E-state index in [9.17, 15) is 27.5 Å². The van der Waals surface area contributed by atoms with Gasteiger partial charge in [0, 0.05) is 12.3 Å². The van der Waals surface area contributed by atoms with Gasteiger partial charge in [0.1, 0.15) is 11.6 Å². The van der Waals surface area contributed by atoms with E-state index in [2.05, 4.69) is 4.99 Å². The summed E-state index contributed by atoms with van der Waals surface area (Å²) in [6.07, 6.45) is -4.65. The molecule has 1 aromatic heterocycles. The first kappa shape index (κ1) is 18.2. The molecule has 2 aromatic rings. The average Bonchev–Trinajstić information content (AvgIpc) is 3.04. The fourth-order valence-electron chi connectivity index (χ4n) is 1.63. The highest BCUT2D eigenvalue weighted by Crippen LogP contribution is 2.28. The summed E-state index contributed by atoms with van der Waals surface area (Å²) in [5.74, 6) is -3.93. The maximum atomic E-state index is 13.3. The van der Waals surface area contributed by atoms with Gasteiger partial charge >= 0.3 is 6.18 Å². The van der Waals surface area contributed by atoms with Crippen LogP contribution < -0.4 is 0 Å². The maximum absolute atomic E-state index is 13.3. The third-order valence-electron chi connectivity index (χ3n) is 2.76. The third kappa shape index (κ3) is 4.21. The van der Waals surface area contributed by atoms with Gasteiger partial charge in [0.05, 0.1) is 21.2 Å². The fraction of sp³-hybridized carbons (Fsp3) is 0.0667. The van der Waals surface area contributed by atoms with Gasteiger partial charge in [0.15, 0.2) is 0 Å². The molecule has 1 aromatic carbocycles. The van der Waals surface area contributed by atoms with Crippen LogP contribution in [0.5, 0.6) is 0 Å². The van der Waals surface area contributed by atoms with Crippen molar-refractivity contribution >= 4 is 46.4 Å². The van der Waals surface area contributed by atoms with Crippen molar-refractivity contribution in [3.8, 4) is 0 Å². The number of aliphatic hydroxyl groups excluding tert-OH is 1. The van der Waals surface area contributed by atoms with Gasteiger partial charge in [0.2, 0.25) is 0 Å². The zero-order valence-corrected chi connectivity index (χ0v) is 13.2. The second-order valence-corrected chi connectivity index (χ2v) is 5.78. The number of benzene rings is 1. The van der Waals surface area contributed by atoms with Gasteiger partial charge in [-0.1, -0.05) is 17.7 Å². The molecular formula is C15H8ClF4NO2S. The first-order chi connectivity index (χ1) is 11.2. The Bertz CT molecular complexity index is 813. The number of allylic oxidation sites excluding steroid dienone is 1. The van der Waals surface area contributed by atoms with E-state index < -0.39 is 29.1 Å². The average molecular weight is 378 g/mol. The molecule has 0 aliphatic carbocycles. The quantitative estimate of drug-likeness (QED) is 0.338. The Morgan fingerprint density at radius 1 is 1.29 bits per heavy atom. The highest BCUT2D eigenvalue weighted by atomic mass is 35.5. The summed E-state index contributed by atoms with van der Waals surface area (Å²) in [6.45, 7) is 0. The van der Waals surface area contributed by atoms with Gasteiger partial charge in [-0.15, -0.1) is 11.3 Å². The molecule has 0 atom stereocenters. The van der Waals surface area contributed by atoms with Crippen LogP contribution in [0.15, 0.2) is 46.3 Å². The summed E-state index contributed by atoms with van der Waals surface area (Å²) in [6, 6.07) is 6.14. The van der Waals surface area contributed by atoms with Crippen LogP contribution in [0.25, 0.3) is 5.76 Å². The number of alkyl halides is 3. The lowest BCUT2D eigenvalue weighted by atomic mass is 10.1. The Balaban J connectivity index is 2.47. The van der Waals surface area contributed by atoms with Gasteiger partial charge in [-0.05, 0) is 23.6 Å². The van der Waals surface area contributed by atoms with Crippen molar-refractivity contribution in [1.82, 2.24) is 0 Å². The van der Waals surface area contributed by atoms with Crippen molar-refractivity contribution < 1.29 is 27.5 Å². The molecule has 1 N–H and O–H groups in total. The van der Waals surface area contributed by atoms with Crippen LogP contribution in [0.1, 0.15) is 4.88 Å². The molecule has 0 aliphatic rings. The minimum atomic E-state index is -5.20. The molecule has 0 saturated heterocycles. The molecule has 1 heterocycles. The van der Waals surface area contributed by atoms with Gasteiger partial charge in [-0.25, -0.2) is 4.39 Å². The Kier molecular flexibility index (Phi) is 5.40.